The zero-order valence-electron chi connectivity index (χ0n) is 22.7. The van der Waals surface area contributed by atoms with Crippen LogP contribution in [0.15, 0.2) is 115 Å². The number of carbonyl (C=O) groups is 1. The molecule has 1 amide bonds. The Kier molecular flexibility index (Phi) is 8.42. The molecule has 0 unspecified atom stereocenters. The van der Waals surface area contributed by atoms with Crippen LogP contribution in [0.1, 0.15) is 48.4 Å². The summed E-state index contributed by atoms with van der Waals surface area (Å²) < 4.78 is 8.47. The first-order valence-corrected chi connectivity index (χ1v) is 13.7. The summed E-state index contributed by atoms with van der Waals surface area (Å²) >= 11 is 0. The van der Waals surface area contributed by atoms with Crippen molar-refractivity contribution < 1.29 is 9.53 Å². The van der Waals surface area contributed by atoms with E-state index in [0.717, 1.165) is 29.0 Å². The van der Waals surface area contributed by atoms with Gasteiger partial charge in [-0.05, 0) is 46.4 Å². The van der Waals surface area contributed by atoms with Crippen molar-refractivity contribution in [2.24, 2.45) is 5.92 Å². The Morgan fingerprint density at radius 2 is 1.51 bits per heavy atom. The number of para-hydroxylation sites is 1. The van der Waals surface area contributed by atoms with Crippen molar-refractivity contribution in [1.82, 2.24) is 9.88 Å². The third kappa shape index (κ3) is 6.77. The van der Waals surface area contributed by atoms with Crippen LogP contribution in [0.2, 0.25) is 0 Å². The normalized spacial score (nSPS) is 12.0. The van der Waals surface area contributed by atoms with Gasteiger partial charge in [0.1, 0.15) is 12.4 Å². The molecule has 0 aliphatic rings. The Morgan fingerprint density at radius 1 is 0.821 bits per heavy atom. The van der Waals surface area contributed by atoms with E-state index < -0.39 is 0 Å². The molecule has 5 aromatic rings. The van der Waals surface area contributed by atoms with Crippen LogP contribution in [0.25, 0.3) is 10.9 Å². The highest BCUT2D eigenvalue weighted by Crippen LogP contribution is 2.36. The molecule has 1 N–H and O–H groups in total. The first-order valence-electron chi connectivity index (χ1n) is 13.7. The fourth-order valence-electron chi connectivity index (χ4n) is 5.01. The molecule has 0 spiro atoms. The Labute approximate surface area is 231 Å². The number of benzene rings is 4. The van der Waals surface area contributed by atoms with E-state index in [9.17, 15) is 4.79 Å². The lowest BCUT2D eigenvalue weighted by Crippen LogP contribution is -2.28. The number of nitrogens with one attached hydrogen (secondary N) is 1. The van der Waals surface area contributed by atoms with Crippen molar-refractivity contribution in [1.29, 1.82) is 0 Å². The van der Waals surface area contributed by atoms with E-state index in [4.69, 9.17) is 4.74 Å². The molecule has 0 aliphatic carbocycles. The fraction of sp³-hybridized carbons (Fsp3) is 0.229. The van der Waals surface area contributed by atoms with E-state index in [-0.39, 0.29) is 11.8 Å². The fourth-order valence-corrected chi connectivity index (χ4v) is 5.01. The molecule has 0 aliphatic heterocycles. The summed E-state index contributed by atoms with van der Waals surface area (Å²) in [5, 5.41) is 4.30. The number of nitrogens with zero attached hydrogens (tertiary/aromatic N) is 1. The predicted octanol–water partition coefficient (Wildman–Crippen LogP) is 7.56. The third-order valence-electron chi connectivity index (χ3n) is 7.00. The molecule has 5 rings (SSSR count). The van der Waals surface area contributed by atoms with Gasteiger partial charge in [0.15, 0.2) is 0 Å². The van der Waals surface area contributed by atoms with E-state index in [1.807, 2.05) is 36.4 Å². The second kappa shape index (κ2) is 12.5. The number of carbonyl (C=O) groups excluding carboxylic acids is 1. The monoisotopic (exact) mass is 516 g/mol. The molecule has 39 heavy (non-hydrogen) atoms. The highest BCUT2D eigenvalue weighted by Gasteiger charge is 2.23. The minimum absolute atomic E-state index is 0.0594. The molecule has 0 radical (unpaired) electrons. The van der Waals surface area contributed by atoms with Crippen molar-refractivity contribution in [3.63, 3.8) is 0 Å². The minimum atomic E-state index is -0.112. The van der Waals surface area contributed by atoms with Crippen LogP contribution >= 0.6 is 0 Å². The Bertz CT molecular complexity index is 1510. The summed E-state index contributed by atoms with van der Waals surface area (Å²) in [5.74, 6) is 1.15. The van der Waals surface area contributed by atoms with Crippen molar-refractivity contribution in [2.75, 3.05) is 6.54 Å². The standard InChI is InChI=1S/C35H36N2O2/c1-26(2)22-36-35(38)21-32(29-16-11-17-30(20-29)39-25-28-14-7-4-8-15-28)33-24-37(23-27-12-5-3-6-13-27)34-19-10-9-18-31(33)34/h3-20,24,26,32H,21-23,25H2,1-2H3,(H,36,38)/t32-/m1/s1. The molecule has 1 aromatic heterocycles. The second-order valence-electron chi connectivity index (χ2n) is 10.5. The molecule has 4 heteroatoms. The Hall–Kier alpha value is -4.31. The van der Waals surface area contributed by atoms with Crippen LogP contribution in [0.5, 0.6) is 5.75 Å². The van der Waals surface area contributed by atoms with Gasteiger partial charge in [-0.25, -0.2) is 0 Å². The number of rotatable bonds is 11. The first kappa shape index (κ1) is 26.3. The predicted molar refractivity (Wildman–Crippen MR) is 159 cm³/mol. The van der Waals surface area contributed by atoms with Crippen LogP contribution in [-0.2, 0) is 17.9 Å². The Morgan fingerprint density at radius 3 is 2.26 bits per heavy atom. The van der Waals surface area contributed by atoms with Gasteiger partial charge in [0, 0.05) is 42.5 Å². The minimum Gasteiger partial charge on any atom is -0.489 e. The van der Waals surface area contributed by atoms with Crippen molar-refractivity contribution in [3.05, 3.63) is 138 Å². The maximum absolute atomic E-state index is 13.2. The molecule has 1 atom stereocenters. The lowest BCUT2D eigenvalue weighted by atomic mass is 9.88. The number of hydrogen-bond acceptors (Lipinski definition) is 2. The van der Waals surface area contributed by atoms with Gasteiger partial charge >= 0.3 is 0 Å². The number of fused-ring (bicyclic) bond motifs is 1. The van der Waals surface area contributed by atoms with Crippen LogP contribution < -0.4 is 10.1 Å². The van der Waals surface area contributed by atoms with Gasteiger partial charge in [0.25, 0.3) is 0 Å². The van der Waals surface area contributed by atoms with Crippen molar-refractivity contribution >= 4 is 16.8 Å². The van der Waals surface area contributed by atoms with E-state index in [1.165, 1.54) is 16.5 Å². The maximum Gasteiger partial charge on any atom is 0.220 e. The summed E-state index contributed by atoms with van der Waals surface area (Å²) in [7, 11) is 0. The zero-order chi connectivity index (χ0) is 27.0. The molecule has 0 fully saturated rings. The van der Waals surface area contributed by atoms with Gasteiger partial charge in [0.05, 0.1) is 0 Å². The van der Waals surface area contributed by atoms with Gasteiger partial charge < -0.3 is 14.6 Å². The summed E-state index contributed by atoms with van der Waals surface area (Å²) in [6, 6.07) is 37.4. The molecule has 1 heterocycles. The molecule has 4 aromatic carbocycles. The average molecular weight is 517 g/mol. The van der Waals surface area contributed by atoms with Gasteiger partial charge in [0.2, 0.25) is 5.91 Å². The number of amides is 1. The SMILES string of the molecule is CC(C)CNC(=O)C[C@H](c1cccc(OCc2ccccc2)c1)c1cn(Cc2ccccc2)c2ccccc12. The van der Waals surface area contributed by atoms with E-state index in [2.05, 4.69) is 103 Å². The van der Waals surface area contributed by atoms with Gasteiger partial charge in [-0.15, -0.1) is 0 Å². The van der Waals surface area contributed by atoms with Crippen LogP contribution in [-0.4, -0.2) is 17.0 Å². The molecule has 4 nitrogen and oxygen atoms in total. The summed E-state index contributed by atoms with van der Waals surface area (Å²) in [4.78, 5) is 13.2. The van der Waals surface area contributed by atoms with Crippen molar-refractivity contribution in [3.8, 4) is 5.75 Å². The van der Waals surface area contributed by atoms with Gasteiger partial charge in [-0.2, -0.15) is 0 Å². The third-order valence-corrected chi connectivity index (χ3v) is 7.00. The second-order valence-corrected chi connectivity index (χ2v) is 10.5. The van der Waals surface area contributed by atoms with Gasteiger partial charge in [-0.3, -0.25) is 4.79 Å². The topological polar surface area (TPSA) is 43.3 Å². The molecule has 0 saturated carbocycles. The number of hydrogen-bond donors (Lipinski definition) is 1. The first-order chi connectivity index (χ1) is 19.1. The van der Waals surface area contributed by atoms with E-state index in [1.54, 1.807) is 0 Å². The summed E-state index contributed by atoms with van der Waals surface area (Å²) in [6.45, 7) is 6.17. The van der Waals surface area contributed by atoms with E-state index >= 15 is 0 Å². The van der Waals surface area contributed by atoms with Crippen molar-refractivity contribution in [2.45, 2.75) is 39.3 Å². The molecular formula is C35H36N2O2. The van der Waals surface area contributed by atoms with Gasteiger partial charge in [-0.1, -0.05) is 105 Å². The highest BCUT2D eigenvalue weighted by atomic mass is 16.5. The molecular weight excluding hydrogens is 480 g/mol. The Balaban J connectivity index is 1.50. The highest BCUT2D eigenvalue weighted by molar-refractivity contribution is 5.87. The van der Waals surface area contributed by atoms with Crippen LogP contribution in [0.4, 0.5) is 0 Å². The lowest BCUT2D eigenvalue weighted by molar-refractivity contribution is -0.121. The number of ether oxygens (including phenoxy) is 1. The molecule has 0 saturated heterocycles. The zero-order valence-corrected chi connectivity index (χ0v) is 22.7. The smallest absolute Gasteiger partial charge is 0.220 e. The molecule has 0 bridgehead atoms. The van der Waals surface area contributed by atoms with Crippen LogP contribution in [0.3, 0.4) is 0 Å². The van der Waals surface area contributed by atoms with Crippen LogP contribution in [0, 0.1) is 5.92 Å². The maximum atomic E-state index is 13.2. The lowest BCUT2D eigenvalue weighted by Gasteiger charge is -2.19. The summed E-state index contributed by atoms with van der Waals surface area (Å²) in [6.07, 6.45) is 2.60. The number of aromatic nitrogens is 1. The summed E-state index contributed by atoms with van der Waals surface area (Å²) in [5.41, 5.74) is 5.76. The van der Waals surface area contributed by atoms with E-state index in [0.29, 0.717) is 25.5 Å². The average Bonchev–Trinajstić information content (AvgIpc) is 3.33. The largest absolute Gasteiger partial charge is 0.489 e. The quantitative estimate of drug-likeness (QED) is 0.197. The molecule has 198 valence electrons.